The molecular formula is C25H30ClFN4O4S. The van der Waals surface area contributed by atoms with Gasteiger partial charge in [-0.1, -0.05) is 24.1 Å². The van der Waals surface area contributed by atoms with Crippen LogP contribution in [0, 0.1) is 5.82 Å². The number of piperidine rings is 1. The number of likely N-dealkylation sites (tertiary alicyclic amines) is 1. The SMILES string of the molecule is O=C(NCCCN1CCCCC1)c1ccc2c(c1)NC(=O)C(CS(=O)(=O)Cc1ccc(F)cc1Cl)N2. The number of benzene rings is 2. The molecule has 0 radical (unpaired) electrons. The maximum Gasteiger partial charge on any atom is 0.251 e. The third-order valence-electron chi connectivity index (χ3n) is 6.38. The van der Waals surface area contributed by atoms with Crippen LogP contribution in [0.25, 0.3) is 0 Å². The molecule has 0 saturated carbocycles. The fraction of sp³-hybridized carbons (Fsp3) is 0.440. The molecule has 3 N–H and O–H groups in total. The molecule has 0 spiro atoms. The first kappa shape index (κ1) is 26.4. The Morgan fingerprint density at radius 3 is 2.64 bits per heavy atom. The predicted molar refractivity (Wildman–Crippen MR) is 139 cm³/mol. The van der Waals surface area contributed by atoms with Crippen LogP contribution in [0.1, 0.15) is 41.6 Å². The van der Waals surface area contributed by atoms with E-state index in [1.54, 1.807) is 18.2 Å². The largest absolute Gasteiger partial charge is 0.371 e. The normalized spacial score (nSPS) is 18.2. The average Bonchev–Trinajstić information content (AvgIpc) is 2.84. The van der Waals surface area contributed by atoms with Crippen LogP contribution in [-0.2, 0) is 20.4 Å². The van der Waals surface area contributed by atoms with E-state index in [1.807, 2.05) is 0 Å². The molecule has 1 saturated heterocycles. The molecular weight excluding hydrogens is 507 g/mol. The molecule has 0 aromatic heterocycles. The minimum Gasteiger partial charge on any atom is -0.371 e. The minimum absolute atomic E-state index is 0.0160. The number of fused-ring (bicyclic) bond motifs is 1. The van der Waals surface area contributed by atoms with Gasteiger partial charge in [-0.25, -0.2) is 12.8 Å². The molecule has 1 atom stereocenters. The summed E-state index contributed by atoms with van der Waals surface area (Å²) in [6.07, 6.45) is 4.62. The number of amides is 2. The van der Waals surface area contributed by atoms with Crippen molar-refractivity contribution in [3.05, 3.63) is 58.4 Å². The molecule has 2 heterocycles. The van der Waals surface area contributed by atoms with Crippen LogP contribution in [0.3, 0.4) is 0 Å². The molecule has 2 amide bonds. The number of hydrogen-bond acceptors (Lipinski definition) is 6. The number of nitrogens with one attached hydrogen (secondary N) is 3. The van der Waals surface area contributed by atoms with Crippen LogP contribution in [0.5, 0.6) is 0 Å². The molecule has 36 heavy (non-hydrogen) atoms. The van der Waals surface area contributed by atoms with Gasteiger partial charge in [-0.3, -0.25) is 9.59 Å². The van der Waals surface area contributed by atoms with E-state index in [9.17, 15) is 22.4 Å². The highest BCUT2D eigenvalue weighted by molar-refractivity contribution is 7.90. The van der Waals surface area contributed by atoms with Crippen LogP contribution < -0.4 is 16.0 Å². The zero-order valence-electron chi connectivity index (χ0n) is 19.9. The summed E-state index contributed by atoms with van der Waals surface area (Å²) in [4.78, 5) is 27.6. The van der Waals surface area contributed by atoms with E-state index in [0.717, 1.165) is 38.2 Å². The van der Waals surface area contributed by atoms with Crippen molar-refractivity contribution in [2.75, 3.05) is 42.6 Å². The third-order valence-corrected chi connectivity index (χ3v) is 8.33. The molecule has 1 unspecified atom stereocenters. The minimum atomic E-state index is -3.75. The Hall–Kier alpha value is -2.69. The molecule has 2 aromatic carbocycles. The number of rotatable bonds is 9. The molecule has 0 aliphatic carbocycles. The van der Waals surface area contributed by atoms with Crippen molar-refractivity contribution < 1.29 is 22.4 Å². The quantitative estimate of drug-likeness (QED) is 0.424. The lowest BCUT2D eigenvalue weighted by atomic mass is 10.1. The van der Waals surface area contributed by atoms with Crippen molar-refractivity contribution in [1.29, 1.82) is 0 Å². The zero-order valence-corrected chi connectivity index (χ0v) is 21.4. The van der Waals surface area contributed by atoms with E-state index in [0.29, 0.717) is 23.5 Å². The second-order valence-electron chi connectivity index (χ2n) is 9.25. The highest BCUT2D eigenvalue weighted by Crippen LogP contribution is 2.29. The van der Waals surface area contributed by atoms with Gasteiger partial charge < -0.3 is 20.9 Å². The maximum absolute atomic E-state index is 13.2. The van der Waals surface area contributed by atoms with Gasteiger partial charge in [0, 0.05) is 17.1 Å². The van der Waals surface area contributed by atoms with E-state index < -0.39 is 39.1 Å². The molecule has 11 heteroatoms. The van der Waals surface area contributed by atoms with E-state index >= 15 is 0 Å². The summed E-state index contributed by atoms with van der Waals surface area (Å²) in [6, 6.07) is 7.34. The molecule has 2 aliphatic heterocycles. The lowest BCUT2D eigenvalue weighted by Crippen LogP contribution is -2.43. The van der Waals surface area contributed by atoms with Crippen LogP contribution in [0.2, 0.25) is 5.02 Å². The van der Waals surface area contributed by atoms with Crippen LogP contribution >= 0.6 is 11.6 Å². The van der Waals surface area contributed by atoms with Crippen molar-refractivity contribution in [3.63, 3.8) is 0 Å². The fourth-order valence-corrected chi connectivity index (χ4v) is 6.38. The molecule has 1 fully saturated rings. The number of anilines is 2. The lowest BCUT2D eigenvalue weighted by Gasteiger charge is -2.27. The van der Waals surface area contributed by atoms with Crippen molar-refractivity contribution in [2.24, 2.45) is 0 Å². The van der Waals surface area contributed by atoms with Gasteiger partial charge in [0.1, 0.15) is 11.9 Å². The summed E-state index contributed by atoms with van der Waals surface area (Å²) >= 11 is 5.96. The first-order chi connectivity index (χ1) is 17.2. The van der Waals surface area contributed by atoms with Gasteiger partial charge >= 0.3 is 0 Å². The van der Waals surface area contributed by atoms with Crippen molar-refractivity contribution in [3.8, 4) is 0 Å². The Bertz CT molecular complexity index is 1230. The summed E-state index contributed by atoms with van der Waals surface area (Å²) < 4.78 is 38.7. The Balaban J connectivity index is 1.32. The van der Waals surface area contributed by atoms with Crippen LogP contribution in [0.4, 0.5) is 15.8 Å². The zero-order chi connectivity index (χ0) is 25.7. The van der Waals surface area contributed by atoms with Gasteiger partial charge in [-0.05, 0) is 74.8 Å². The fourth-order valence-electron chi connectivity index (χ4n) is 4.48. The Labute approximate surface area is 215 Å². The smallest absolute Gasteiger partial charge is 0.251 e. The number of nitrogens with zero attached hydrogens (tertiary/aromatic N) is 1. The monoisotopic (exact) mass is 536 g/mol. The Morgan fingerprint density at radius 2 is 1.89 bits per heavy atom. The van der Waals surface area contributed by atoms with Crippen LogP contribution in [-0.4, -0.2) is 63.1 Å². The standard InChI is InChI=1S/C25H30ClFN4O4S/c26-20-14-19(27)7-5-18(20)15-36(34,35)16-23-25(33)30-22-13-17(6-8-21(22)29-23)24(32)28-9-4-12-31-10-2-1-3-11-31/h5-8,13-14,23,29H,1-4,9-12,15-16H2,(H,28,32)(H,30,33). The molecule has 4 rings (SSSR count). The Morgan fingerprint density at radius 1 is 1.11 bits per heavy atom. The molecule has 0 bridgehead atoms. The first-order valence-corrected chi connectivity index (χ1v) is 14.3. The number of halogens is 2. The third kappa shape index (κ3) is 6.96. The number of hydrogen-bond donors (Lipinski definition) is 3. The van der Waals surface area contributed by atoms with E-state index in [-0.39, 0.29) is 16.5 Å². The highest BCUT2D eigenvalue weighted by Gasteiger charge is 2.31. The van der Waals surface area contributed by atoms with Gasteiger partial charge in [0.25, 0.3) is 5.91 Å². The summed E-state index contributed by atoms with van der Waals surface area (Å²) in [5, 5.41) is 8.57. The topological polar surface area (TPSA) is 108 Å². The highest BCUT2D eigenvalue weighted by atomic mass is 35.5. The average molecular weight is 537 g/mol. The summed E-state index contributed by atoms with van der Waals surface area (Å²) in [6.45, 7) is 3.76. The second kappa shape index (κ2) is 11.6. The predicted octanol–water partition coefficient (Wildman–Crippen LogP) is 3.43. The van der Waals surface area contributed by atoms with Crippen LogP contribution in [0.15, 0.2) is 36.4 Å². The van der Waals surface area contributed by atoms with Gasteiger partial charge in [0.2, 0.25) is 5.91 Å². The Kier molecular flexibility index (Phi) is 8.48. The maximum atomic E-state index is 13.2. The molecule has 8 nitrogen and oxygen atoms in total. The number of carbonyl (C=O) groups excluding carboxylic acids is 2. The summed E-state index contributed by atoms with van der Waals surface area (Å²) in [5.41, 5.74) is 1.61. The van der Waals surface area contributed by atoms with E-state index in [4.69, 9.17) is 11.6 Å². The van der Waals surface area contributed by atoms with Crippen molar-refractivity contribution in [2.45, 2.75) is 37.5 Å². The van der Waals surface area contributed by atoms with Gasteiger partial charge in [-0.15, -0.1) is 0 Å². The van der Waals surface area contributed by atoms with Gasteiger partial charge in [0.15, 0.2) is 9.84 Å². The molecule has 194 valence electrons. The first-order valence-electron chi connectivity index (χ1n) is 12.1. The second-order valence-corrected chi connectivity index (χ2v) is 11.8. The summed E-state index contributed by atoms with van der Waals surface area (Å²) in [7, 11) is -3.75. The summed E-state index contributed by atoms with van der Waals surface area (Å²) in [5.74, 6) is -2.19. The number of sulfone groups is 1. The van der Waals surface area contributed by atoms with Gasteiger partial charge in [-0.2, -0.15) is 0 Å². The van der Waals surface area contributed by atoms with E-state index in [1.165, 1.54) is 25.3 Å². The molecule has 2 aromatic rings. The lowest BCUT2D eigenvalue weighted by molar-refractivity contribution is -0.116. The molecule has 2 aliphatic rings. The van der Waals surface area contributed by atoms with Gasteiger partial charge in [0.05, 0.1) is 22.9 Å². The van der Waals surface area contributed by atoms with E-state index in [2.05, 4.69) is 20.9 Å². The number of carbonyl (C=O) groups is 2. The van der Waals surface area contributed by atoms with Crippen molar-refractivity contribution >= 4 is 44.6 Å². The van der Waals surface area contributed by atoms with Crippen molar-refractivity contribution in [1.82, 2.24) is 10.2 Å².